The number of fused-ring (bicyclic) bond motifs is 1. The SMILES string of the molecule is CCCCNCC(C)CCn1c(COc2ccc(Cl)cc2)nc2c(C)cccc21. The third-order valence-electron chi connectivity index (χ3n) is 5.29. The summed E-state index contributed by atoms with van der Waals surface area (Å²) in [7, 11) is 0. The molecule has 0 fully saturated rings. The number of hydrogen-bond donors (Lipinski definition) is 1. The van der Waals surface area contributed by atoms with Crippen LogP contribution in [0.15, 0.2) is 42.5 Å². The monoisotopic (exact) mass is 413 g/mol. The number of hydrogen-bond acceptors (Lipinski definition) is 3. The van der Waals surface area contributed by atoms with Crippen LogP contribution < -0.4 is 10.1 Å². The summed E-state index contributed by atoms with van der Waals surface area (Å²) in [6, 6.07) is 13.9. The van der Waals surface area contributed by atoms with E-state index in [2.05, 4.69) is 48.9 Å². The molecule has 0 saturated carbocycles. The molecule has 1 unspecified atom stereocenters. The van der Waals surface area contributed by atoms with Gasteiger partial charge in [0.25, 0.3) is 0 Å². The minimum Gasteiger partial charge on any atom is -0.486 e. The van der Waals surface area contributed by atoms with Crippen molar-refractivity contribution in [3.05, 3.63) is 58.9 Å². The maximum Gasteiger partial charge on any atom is 0.148 e. The summed E-state index contributed by atoms with van der Waals surface area (Å²) in [4.78, 5) is 4.91. The molecule has 3 aromatic rings. The molecule has 0 aliphatic rings. The lowest BCUT2D eigenvalue weighted by Crippen LogP contribution is -2.23. The van der Waals surface area contributed by atoms with Gasteiger partial charge in [0.2, 0.25) is 0 Å². The lowest BCUT2D eigenvalue weighted by atomic mass is 10.1. The van der Waals surface area contributed by atoms with Gasteiger partial charge in [-0.25, -0.2) is 4.98 Å². The van der Waals surface area contributed by atoms with Gasteiger partial charge < -0.3 is 14.6 Å². The van der Waals surface area contributed by atoms with Crippen LogP contribution in [0.2, 0.25) is 5.02 Å². The molecule has 156 valence electrons. The molecule has 1 aromatic heterocycles. The minimum atomic E-state index is 0.443. The van der Waals surface area contributed by atoms with E-state index in [1.165, 1.54) is 23.9 Å². The Labute approximate surface area is 179 Å². The van der Waals surface area contributed by atoms with Crippen LogP contribution in [0.3, 0.4) is 0 Å². The summed E-state index contributed by atoms with van der Waals surface area (Å²) in [5.41, 5.74) is 3.45. The van der Waals surface area contributed by atoms with E-state index in [-0.39, 0.29) is 0 Å². The minimum absolute atomic E-state index is 0.443. The second-order valence-electron chi connectivity index (χ2n) is 7.82. The lowest BCUT2D eigenvalue weighted by Gasteiger charge is -2.15. The molecule has 29 heavy (non-hydrogen) atoms. The average Bonchev–Trinajstić information content (AvgIpc) is 3.08. The number of aryl methyl sites for hydroxylation is 2. The van der Waals surface area contributed by atoms with Crippen molar-refractivity contribution in [3.8, 4) is 5.75 Å². The van der Waals surface area contributed by atoms with Crippen LogP contribution >= 0.6 is 11.6 Å². The van der Waals surface area contributed by atoms with Gasteiger partial charge in [-0.15, -0.1) is 0 Å². The third-order valence-corrected chi connectivity index (χ3v) is 5.54. The van der Waals surface area contributed by atoms with E-state index >= 15 is 0 Å². The summed E-state index contributed by atoms with van der Waals surface area (Å²) in [5.74, 6) is 2.38. The summed E-state index contributed by atoms with van der Waals surface area (Å²) in [6.07, 6.45) is 3.58. The van der Waals surface area contributed by atoms with E-state index in [1.807, 2.05) is 24.3 Å². The molecule has 0 radical (unpaired) electrons. The predicted octanol–water partition coefficient (Wildman–Crippen LogP) is 5.99. The molecule has 0 saturated heterocycles. The van der Waals surface area contributed by atoms with E-state index in [4.69, 9.17) is 21.3 Å². The van der Waals surface area contributed by atoms with Gasteiger partial charge in [0.05, 0.1) is 11.0 Å². The van der Waals surface area contributed by atoms with Gasteiger partial charge in [0.15, 0.2) is 0 Å². The van der Waals surface area contributed by atoms with Crippen LogP contribution in [0.5, 0.6) is 5.75 Å². The number of nitrogens with one attached hydrogen (secondary N) is 1. The van der Waals surface area contributed by atoms with E-state index in [1.54, 1.807) is 0 Å². The summed E-state index contributed by atoms with van der Waals surface area (Å²) in [5, 5.41) is 4.28. The smallest absolute Gasteiger partial charge is 0.148 e. The first-order valence-electron chi connectivity index (χ1n) is 10.6. The van der Waals surface area contributed by atoms with Crippen LogP contribution in [0.1, 0.15) is 44.5 Å². The van der Waals surface area contributed by atoms with Gasteiger partial charge in [0.1, 0.15) is 18.2 Å². The third kappa shape index (κ3) is 5.97. The number of para-hydroxylation sites is 1. The van der Waals surface area contributed by atoms with Gasteiger partial charge in [-0.1, -0.05) is 44.0 Å². The number of unbranched alkanes of at least 4 members (excludes halogenated alkanes) is 1. The second kappa shape index (κ2) is 10.7. The molecule has 0 aliphatic heterocycles. The number of halogens is 1. The highest BCUT2D eigenvalue weighted by Crippen LogP contribution is 2.23. The molecule has 4 nitrogen and oxygen atoms in total. The fourth-order valence-electron chi connectivity index (χ4n) is 3.48. The van der Waals surface area contributed by atoms with Crippen molar-refractivity contribution >= 4 is 22.6 Å². The van der Waals surface area contributed by atoms with E-state index in [9.17, 15) is 0 Å². The number of rotatable bonds is 11. The van der Waals surface area contributed by atoms with Crippen molar-refractivity contribution < 1.29 is 4.74 Å². The molecule has 3 rings (SSSR count). The van der Waals surface area contributed by atoms with Crippen molar-refractivity contribution in [1.29, 1.82) is 0 Å². The Morgan fingerprint density at radius 1 is 1.17 bits per heavy atom. The van der Waals surface area contributed by atoms with Crippen molar-refractivity contribution in [1.82, 2.24) is 14.9 Å². The first kappa shape index (κ1) is 21.7. The zero-order valence-electron chi connectivity index (χ0n) is 17.7. The van der Waals surface area contributed by atoms with Gasteiger partial charge in [0, 0.05) is 11.6 Å². The maximum atomic E-state index is 6.00. The number of nitrogens with zero attached hydrogens (tertiary/aromatic N) is 2. The summed E-state index contributed by atoms with van der Waals surface area (Å²) >= 11 is 5.97. The van der Waals surface area contributed by atoms with Crippen molar-refractivity contribution in [2.24, 2.45) is 5.92 Å². The normalized spacial score (nSPS) is 12.4. The number of imidazole rings is 1. The molecule has 0 amide bonds. The van der Waals surface area contributed by atoms with Gasteiger partial charge >= 0.3 is 0 Å². The van der Waals surface area contributed by atoms with Crippen LogP contribution in [-0.4, -0.2) is 22.6 Å². The highest BCUT2D eigenvalue weighted by molar-refractivity contribution is 6.30. The lowest BCUT2D eigenvalue weighted by molar-refractivity contribution is 0.288. The van der Waals surface area contributed by atoms with Crippen LogP contribution in [-0.2, 0) is 13.2 Å². The average molecular weight is 414 g/mol. The quantitative estimate of drug-likeness (QED) is 0.392. The summed E-state index contributed by atoms with van der Waals surface area (Å²) < 4.78 is 8.32. The van der Waals surface area contributed by atoms with Crippen LogP contribution in [0.4, 0.5) is 0 Å². The molecule has 1 heterocycles. The molecule has 0 bridgehead atoms. The van der Waals surface area contributed by atoms with Crippen molar-refractivity contribution in [3.63, 3.8) is 0 Å². The van der Waals surface area contributed by atoms with E-state index < -0.39 is 0 Å². The molecular formula is C24H32ClN3O. The van der Waals surface area contributed by atoms with Gasteiger partial charge in [-0.3, -0.25) is 0 Å². The highest BCUT2D eigenvalue weighted by atomic mass is 35.5. The second-order valence-corrected chi connectivity index (χ2v) is 8.25. The largest absolute Gasteiger partial charge is 0.486 e. The fraction of sp³-hybridized carbons (Fsp3) is 0.458. The van der Waals surface area contributed by atoms with E-state index in [0.29, 0.717) is 17.5 Å². The van der Waals surface area contributed by atoms with Crippen LogP contribution in [0.25, 0.3) is 11.0 Å². The first-order valence-corrected chi connectivity index (χ1v) is 11.0. The first-order chi connectivity index (χ1) is 14.1. The van der Waals surface area contributed by atoms with E-state index in [0.717, 1.165) is 43.1 Å². The number of benzene rings is 2. The molecule has 1 N–H and O–H groups in total. The fourth-order valence-corrected chi connectivity index (χ4v) is 3.60. The molecule has 1 atom stereocenters. The Morgan fingerprint density at radius 3 is 2.72 bits per heavy atom. The Balaban J connectivity index is 1.71. The summed E-state index contributed by atoms with van der Waals surface area (Å²) in [6.45, 7) is 10.2. The van der Waals surface area contributed by atoms with Crippen molar-refractivity contribution in [2.45, 2.75) is 53.2 Å². The predicted molar refractivity (Wildman–Crippen MR) is 122 cm³/mol. The van der Waals surface area contributed by atoms with Crippen LogP contribution in [0, 0.1) is 12.8 Å². The Bertz CT molecular complexity index is 904. The molecule has 5 heteroatoms. The Morgan fingerprint density at radius 2 is 1.97 bits per heavy atom. The topological polar surface area (TPSA) is 39.1 Å². The standard InChI is InChI=1S/C24H32ClN3O/c1-4-5-14-26-16-18(2)13-15-28-22-8-6-7-19(3)24(22)27-23(28)17-29-21-11-9-20(25)10-12-21/h6-12,18,26H,4-5,13-17H2,1-3H3. The highest BCUT2D eigenvalue weighted by Gasteiger charge is 2.14. The Hall–Kier alpha value is -2.04. The van der Waals surface area contributed by atoms with Gasteiger partial charge in [-0.2, -0.15) is 0 Å². The maximum absolute atomic E-state index is 6.00. The molecule has 2 aromatic carbocycles. The zero-order valence-corrected chi connectivity index (χ0v) is 18.5. The van der Waals surface area contributed by atoms with Crippen molar-refractivity contribution in [2.75, 3.05) is 13.1 Å². The number of ether oxygens (including phenoxy) is 1. The Kier molecular flexibility index (Phi) is 7.96. The molecule has 0 aliphatic carbocycles. The molecular weight excluding hydrogens is 382 g/mol. The zero-order chi connectivity index (χ0) is 20.6. The van der Waals surface area contributed by atoms with Gasteiger partial charge in [-0.05, 0) is 74.7 Å². The molecule has 0 spiro atoms. The number of aromatic nitrogens is 2.